The molecule has 5 unspecified atom stereocenters. The Morgan fingerprint density at radius 1 is 1.25 bits per heavy atom. The van der Waals surface area contributed by atoms with Crippen molar-refractivity contribution in [2.75, 3.05) is 6.54 Å². The van der Waals surface area contributed by atoms with E-state index < -0.39 is 0 Å². The van der Waals surface area contributed by atoms with Crippen LogP contribution < -0.4 is 5.73 Å². The van der Waals surface area contributed by atoms with Crippen LogP contribution in [-0.4, -0.2) is 18.6 Å². The molecule has 3 nitrogen and oxygen atoms in total. The first kappa shape index (κ1) is 14.4. The van der Waals surface area contributed by atoms with E-state index in [0.717, 1.165) is 31.6 Å². The van der Waals surface area contributed by atoms with Crippen LogP contribution in [0, 0.1) is 28.6 Å². The standard InChI is InChI=1S/C17H29NO2/c1-16(2)12-7-8-17(16,3)14(9-12)20-15(19)13-6-4-5-11(13)10-18/h11-14H,4-10,18H2,1-3H3. The molecule has 3 fully saturated rings. The third kappa shape index (κ3) is 1.85. The highest BCUT2D eigenvalue weighted by Gasteiger charge is 2.63. The van der Waals surface area contributed by atoms with E-state index in [-0.39, 0.29) is 23.4 Å². The van der Waals surface area contributed by atoms with E-state index in [0.29, 0.717) is 17.9 Å². The van der Waals surface area contributed by atoms with Gasteiger partial charge in [-0.1, -0.05) is 27.2 Å². The fourth-order valence-corrected chi connectivity index (χ4v) is 5.17. The van der Waals surface area contributed by atoms with Gasteiger partial charge in [0, 0.05) is 5.41 Å². The van der Waals surface area contributed by atoms with Crippen LogP contribution in [0.25, 0.3) is 0 Å². The molecule has 0 spiro atoms. The molecule has 0 saturated heterocycles. The summed E-state index contributed by atoms with van der Waals surface area (Å²) in [7, 11) is 0. The number of fused-ring (bicyclic) bond motifs is 2. The molecule has 0 aromatic rings. The van der Waals surface area contributed by atoms with Crippen molar-refractivity contribution < 1.29 is 9.53 Å². The highest BCUT2D eigenvalue weighted by atomic mass is 16.5. The Balaban J connectivity index is 1.69. The lowest BCUT2D eigenvalue weighted by molar-refractivity contribution is -0.163. The molecule has 3 aliphatic carbocycles. The molecule has 0 aromatic heterocycles. The van der Waals surface area contributed by atoms with Crippen LogP contribution >= 0.6 is 0 Å². The van der Waals surface area contributed by atoms with Crippen molar-refractivity contribution in [3.8, 4) is 0 Å². The fraction of sp³-hybridized carbons (Fsp3) is 0.941. The molecule has 114 valence electrons. The summed E-state index contributed by atoms with van der Waals surface area (Å²) in [6.07, 6.45) is 6.87. The molecule has 2 N–H and O–H groups in total. The maximum atomic E-state index is 12.5. The van der Waals surface area contributed by atoms with Gasteiger partial charge in [-0.05, 0) is 55.9 Å². The van der Waals surface area contributed by atoms with Gasteiger partial charge in [0.05, 0.1) is 5.92 Å². The van der Waals surface area contributed by atoms with Crippen LogP contribution in [0.1, 0.15) is 59.3 Å². The van der Waals surface area contributed by atoms with Gasteiger partial charge >= 0.3 is 5.97 Å². The van der Waals surface area contributed by atoms with Crippen LogP contribution in [0.2, 0.25) is 0 Å². The SMILES string of the molecule is CC1(C)C2CCC1(C)C(OC(=O)C1CCCC1CN)C2. The zero-order valence-electron chi connectivity index (χ0n) is 13.2. The first-order valence-corrected chi connectivity index (χ1v) is 8.30. The number of ether oxygens (including phenoxy) is 1. The number of nitrogens with two attached hydrogens (primary N) is 1. The molecule has 3 saturated carbocycles. The highest BCUT2D eigenvalue weighted by Crippen LogP contribution is 2.66. The minimum Gasteiger partial charge on any atom is -0.462 e. The van der Waals surface area contributed by atoms with Crippen LogP contribution in [0.5, 0.6) is 0 Å². The zero-order chi connectivity index (χ0) is 14.5. The first-order valence-electron chi connectivity index (χ1n) is 8.30. The lowest BCUT2D eigenvalue weighted by Gasteiger charge is -2.39. The zero-order valence-corrected chi connectivity index (χ0v) is 13.2. The van der Waals surface area contributed by atoms with E-state index in [1.807, 2.05) is 0 Å². The van der Waals surface area contributed by atoms with Gasteiger partial charge in [0.15, 0.2) is 0 Å². The van der Waals surface area contributed by atoms with Crippen molar-refractivity contribution in [1.29, 1.82) is 0 Å². The van der Waals surface area contributed by atoms with Gasteiger partial charge in [0.25, 0.3) is 0 Å². The van der Waals surface area contributed by atoms with Gasteiger partial charge in [-0.15, -0.1) is 0 Å². The molecule has 20 heavy (non-hydrogen) atoms. The third-order valence-corrected chi connectivity index (χ3v) is 7.24. The number of rotatable bonds is 3. The Hall–Kier alpha value is -0.570. The number of hydrogen-bond acceptors (Lipinski definition) is 3. The minimum absolute atomic E-state index is 0.0347. The Morgan fingerprint density at radius 3 is 2.55 bits per heavy atom. The summed E-state index contributed by atoms with van der Waals surface area (Å²) < 4.78 is 6.01. The second kappa shape index (κ2) is 4.72. The van der Waals surface area contributed by atoms with Gasteiger partial charge in [-0.25, -0.2) is 0 Å². The van der Waals surface area contributed by atoms with Gasteiger partial charge < -0.3 is 10.5 Å². The van der Waals surface area contributed by atoms with Crippen molar-refractivity contribution >= 4 is 5.97 Å². The summed E-state index contributed by atoms with van der Waals surface area (Å²) in [6.45, 7) is 7.66. The molecule has 3 aliphatic rings. The largest absolute Gasteiger partial charge is 0.462 e. The molecule has 0 aliphatic heterocycles. The molecule has 3 heteroatoms. The highest BCUT2D eigenvalue weighted by molar-refractivity contribution is 5.73. The molecule has 5 atom stereocenters. The summed E-state index contributed by atoms with van der Waals surface area (Å²) in [5.74, 6) is 1.17. The Morgan fingerprint density at radius 2 is 2.00 bits per heavy atom. The van der Waals surface area contributed by atoms with Crippen molar-refractivity contribution in [3.63, 3.8) is 0 Å². The lowest BCUT2D eigenvalue weighted by Crippen LogP contribution is -2.40. The van der Waals surface area contributed by atoms with Crippen LogP contribution in [0.3, 0.4) is 0 Å². The maximum absolute atomic E-state index is 12.5. The van der Waals surface area contributed by atoms with Crippen molar-refractivity contribution in [3.05, 3.63) is 0 Å². The Bertz CT molecular complexity index is 406. The van der Waals surface area contributed by atoms with Crippen molar-refractivity contribution in [2.24, 2.45) is 34.3 Å². The quantitative estimate of drug-likeness (QED) is 0.808. The molecule has 0 aromatic carbocycles. The molecule has 0 heterocycles. The van der Waals surface area contributed by atoms with Gasteiger partial charge in [-0.3, -0.25) is 4.79 Å². The van der Waals surface area contributed by atoms with E-state index in [1.54, 1.807) is 0 Å². The minimum atomic E-state index is 0.0347. The van der Waals surface area contributed by atoms with Crippen LogP contribution in [0.4, 0.5) is 0 Å². The monoisotopic (exact) mass is 279 g/mol. The van der Waals surface area contributed by atoms with Gasteiger partial charge in [0.2, 0.25) is 0 Å². The normalized spacial score (nSPS) is 45.8. The number of esters is 1. The van der Waals surface area contributed by atoms with E-state index in [9.17, 15) is 4.79 Å². The fourth-order valence-electron chi connectivity index (χ4n) is 5.17. The second-order valence-electron chi connectivity index (χ2n) is 8.07. The number of hydrogen-bond donors (Lipinski definition) is 1. The predicted molar refractivity (Wildman–Crippen MR) is 79.0 cm³/mol. The summed E-state index contributed by atoms with van der Waals surface area (Å²) >= 11 is 0. The van der Waals surface area contributed by atoms with Gasteiger partial charge in [0.1, 0.15) is 6.10 Å². The molecule has 0 radical (unpaired) electrons. The van der Waals surface area contributed by atoms with E-state index in [4.69, 9.17) is 10.5 Å². The molecular formula is C17H29NO2. The van der Waals surface area contributed by atoms with E-state index in [1.165, 1.54) is 12.8 Å². The molecular weight excluding hydrogens is 250 g/mol. The van der Waals surface area contributed by atoms with Crippen LogP contribution in [-0.2, 0) is 9.53 Å². The van der Waals surface area contributed by atoms with Crippen molar-refractivity contribution in [1.82, 2.24) is 0 Å². The summed E-state index contributed by atoms with van der Waals surface area (Å²) in [6, 6.07) is 0. The smallest absolute Gasteiger partial charge is 0.309 e. The molecule has 2 bridgehead atoms. The average molecular weight is 279 g/mol. The average Bonchev–Trinajstić information content (AvgIpc) is 3.01. The predicted octanol–water partition coefficient (Wildman–Crippen LogP) is 3.12. The first-order chi connectivity index (χ1) is 9.40. The maximum Gasteiger partial charge on any atom is 0.309 e. The molecule has 3 rings (SSSR count). The second-order valence-corrected chi connectivity index (χ2v) is 8.07. The van der Waals surface area contributed by atoms with E-state index in [2.05, 4.69) is 20.8 Å². The lowest BCUT2D eigenvalue weighted by atomic mass is 9.70. The Kier molecular flexibility index (Phi) is 3.39. The van der Waals surface area contributed by atoms with Crippen molar-refractivity contribution in [2.45, 2.75) is 65.4 Å². The number of carbonyl (C=O) groups is 1. The summed E-state index contributed by atoms with van der Waals surface area (Å²) in [5.41, 5.74) is 6.27. The van der Waals surface area contributed by atoms with Gasteiger partial charge in [-0.2, -0.15) is 0 Å². The van der Waals surface area contributed by atoms with E-state index >= 15 is 0 Å². The number of carbonyl (C=O) groups excluding carboxylic acids is 1. The summed E-state index contributed by atoms with van der Waals surface area (Å²) in [5, 5.41) is 0. The van der Waals surface area contributed by atoms with Crippen LogP contribution in [0.15, 0.2) is 0 Å². The topological polar surface area (TPSA) is 52.3 Å². The molecule has 0 amide bonds. The third-order valence-electron chi connectivity index (χ3n) is 7.24. The summed E-state index contributed by atoms with van der Waals surface area (Å²) in [4.78, 5) is 12.5. The Labute approximate surface area is 122 Å².